The zero-order valence-electron chi connectivity index (χ0n) is 10.8. The molecule has 0 unspecified atom stereocenters. The van der Waals surface area contributed by atoms with Crippen molar-refractivity contribution in [3.05, 3.63) is 26.1 Å². The zero-order valence-corrected chi connectivity index (χ0v) is 14.6. The van der Waals surface area contributed by atoms with Crippen LogP contribution in [-0.4, -0.2) is 16.5 Å². The molecule has 0 aliphatic heterocycles. The van der Waals surface area contributed by atoms with E-state index in [9.17, 15) is 0 Å². The third kappa shape index (κ3) is 3.28. The minimum absolute atomic E-state index is 0.618. The third-order valence-corrected chi connectivity index (χ3v) is 4.38. The predicted octanol–water partition coefficient (Wildman–Crippen LogP) is 4.49. The molecule has 0 saturated carbocycles. The van der Waals surface area contributed by atoms with E-state index >= 15 is 0 Å². The Bertz CT molecular complexity index is 571. The van der Waals surface area contributed by atoms with Gasteiger partial charge >= 0.3 is 0 Å². The lowest BCUT2D eigenvalue weighted by atomic mass is 10.3. The van der Waals surface area contributed by atoms with Crippen molar-refractivity contribution < 1.29 is 4.42 Å². The quantitative estimate of drug-likeness (QED) is 0.703. The summed E-state index contributed by atoms with van der Waals surface area (Å²) in [6, 6.07) is 1.85. The standard InChI is InChI=1S/C13H15BrIN3O/c1-3-6-16-12-10(15)9(4-2)17-13(18-12)11-8(14)5-7-19-11/h5,7H,3-4,6H2,1-2H3,(H,16,17,18). The maximum Gasteiger partial charge on any atom is 0.199 e. The topological polar surface area (TPSA) is 51.0 Å². The highest BCUT2D eigenvalue weighted by Gasteiger charge is 2.16. The van der Waals surface area contributed by atoms with Crippen molar-refractivity contribution in [2.75, 3.05) is 11.9 Å². The SMILES string of the molecule is CCCNc1nc(-c2occc2Br)nc(CC)c1I. The lowest BCUT2D eigenvalue weighted by molar-refractivity contribution is 0.575. The Kier molecular flexibility index (Phi) is 5.20. The molecule has 0 bridgehead atoms. The average molecular weight is 436 g/mol. The molecule has 6 heteroatoms. The molecule has 0 atom stereocenters. The van der Waals surface area contributed by atoms with Gasteiger partial charge in [0.1, 0.15) is 5.82 Å². The van der Waals surface area contributed by atoms with E-state index in [4.69, 9.17) is 4.42 Å². The summed E-state index contributed by atoms with van der Waals surface area (Å²) in [5, 5.41) is 3.34. The van der Waals surface area contributed by atoms with E-state index in [2.05, 4.69) is 67.7 Å². The molecule has 0 fully saturated rings. The van der Waals surface area contributed by atoms with E-state index in [-0.39, 0.29) is 0 Å². The molecule has 0 aliphatic rings. The number of hydrogen-bond acceptors (Lipinski definition) is 4. The lowest BCUT2D eigenvalue weighted by Gasteiger charge is -2.11. The minimum atomic E-state index is 0.618. The summed E-state index contributed by atoms with van der Waals surface area (Å²) in [4.78, 5) is 9.15. The molecule has 4 nitrogen and oxygen atoms in total. The van der Waals surface area contributed by atoms with Crippen LogP contribution < -0.4 is 5.32 Å². The van der Waals surface area contributed by atoms with Gasteiger partial charge in [0.2, 0.25) is 0 Å². The van der Waals surface area contributed by atoms with Gasteiger partial charge in [0, 0.05) is 6.54 Å². The van der Waals surface area contributed by atoms with E-state index in [1.54, 1.807) is 6.26 Å². The van der Waals surface area contributed by atoms with Crippen LogP contribution in [0.2, 0.25) is 0 Å². The van der Waals surface area contributed by atoms with Crippen molar-refractivity contribution in [1.82, 2.24) is 9.97 Å². The molecule has 0 aliphatic carbocycles. The maximum absolute atomic E-state index is 5.45. The van der Waals surface area contributed by atoms with Crippen molar-refractivity contribution >= 4 is 44.3 Å². The van der Waals surface area contributed by atoms with Gasteiger partial charge in [-0.3, -0.25) is 0 Å². The first-order valence-electron chi connectivity index (χ1n) is 6.21. The number of rotatable bonds is 5. The fraction of sp³-hybridized carbons (Fsp3) is 0.385. The fourth-order valence-electron chi connectivity index (χ4n) is 1.64. The van der Waals surface area contributed by atoms with Crippen LogP contribution >= 0.6 is 38.5 Å². The molecule has 2 aromatic heterocycles. The average Bonchev–Trinajstić information content (AvgIpc) is 2.84. The summed E-state index contributed by atoms with van der Waals surface area (Å²) in [6.45, 7) is 5.12. The van der Waals surface area contributed by atoms with Crippen molar-refractivity contribution in [2.45, 2.75) is 26.7 Å². The van der Waals surface area contributed by atoms with Crippen LogP contribution in [-0.2, 0) is 6.42 Å². The summed E-state index contributed by atoms with van der Waals surface area (Å²) >= 11 is 5.74. The molecule has 2 rings (SSSR count). The molecule has 19 heavy (non-hydrogen) atoms. The molecule has 0 amide bonds. The first-order chi connectivity index (χ1) is 9.17. The lowest BCUT2D eigenvalue weighted by Crippen LogP contribution is -2.08. The van der Waals surface area contributed by atoms with Gasteiger partial charge in [0.25, 0.3) is 0 Å². The summed E-state index contributed by atoms with van der Waals surface area (Å²) in [7, 11) is 0. The second-order valence-corrected chi connectivity index (χ2v) is 5.97. The Morgan fingerprint density at radius 2 is 2.16 bits per heavy atom. The van der Waals surface area contributed by atoms with E-state index < -0.39 is 0 Å². The first-order valence-corrected chi connectivity index (χ1v) is 8.08. The van der Waals surface area contributed by atoms with Gasteiger partial charge in [0.15, 0.2) is 11.6 Å². The van der Waals surface area contributed by atoms with Gasteiger partial charge in [0.05, 0.1) is 20.0 Å². The van der Waals surface area contributed by atoms with Crippen LogP contribution in [0.5, 0.6) is 0 Å². The van der Waals surface area contributed by atoms with Crippen LogP contribution in [0.4, 0.5) is 5.82 Å². The molecule has 102 valence electrons. The first kappa shape index (κ1) is 14.8. The normalized spacial score (nSPS) is 10.7. The molecule has 0 saturated heterocycles. The second-order valence-electron chi connectivity index (χ2n) is 4.03. The number of nitrogens with zero attached hydrogens (tertiary/aromatic N) is 2. The summed E-state index contributed by atoms with van der Waals surface area (Å²) in [6.07, 6.45) is 3.56. The molecule has 0 aromatic carbocycles. The highest BCUT2D eigenvalue weighted by atomic mass is 127. The smallest absolute Gasteiger partial charge is 0.199 e. The van der Waals surface area contributed by atoms with Crippen molar-refractivity contribution in [1.29, 1.82) is 0 Å². The molecule has 2 heterocycles. The van der Waals surface area contributed by atoms with Gasteiger partial charge in [-0.15, -0.1) is 0 Å². The van der Waals surface area contributed by atoms with Crippen LogP contribution in [0.25, 0.3) is 11.6 Å². The zero-order chi connectivity index (χ0) is 13.8. The van der Waals surface area contributed by atoms with Gasteiger partial charge < -0.3 is 9.73 Å². The van der Waals surface area contributed by atoms with Crippen LogP contribution in [0, 0.1) is 3.57 Å². The Labute approximate surface area is 134 Å². The Hall–Kier alpha value is -0.630. The molecule has 0 radical (unpaired) electrons. The highest BCUT2D eigenvalue weighted by molar-refractivity contribution is 14.1. The Balaban J connectivity index is 2.47. The molecule has 1 N–H and O–H groups in total. The number of aromatic nitrogens is 2. The summed E-state index contributed by atoms with van der Waals surface area (Å²) < 4.78 is 7.40. The maximum atomic E-state index is 5.45. The number of hydrogen-bond donors (Lipinski definition) is 1. The highest BCUT2D eigenvalue weighted by Crippen LogP contribution is 2.29. The minimum Gasteiger partial charge on any atom is -0.460 e. The molecule has 0 spiro atoms. The Morgan fingerprint density at radius 3 is 2.74 bits per heavy atom. The number of nitrogens with one attached hydrogen (secondary N) is 1. The summed E-state index contributed by atoms with van der Waals surface area (Å²) in [5.74, 6) is 2.17. The van der Waals surface area contributed by atoms with Crippen LogP contribution in [0.1, 0.15) is 26.0 Å². The van der Waals surface area contributed by atoms with E-state index in [0.717, 1.165) is 38.9 Å². The third-order valence-electron chi connectivity index (χ3n) is 2.62. The monoisotopic (exact) mass is 435 g/mol. The predicted molar refractivity (Wildman–Crippen MR) is 88.3 cm³/mol. The van der Waals surface area contributed by atoms with Crippen LogP contribution in [0.15, 0.2) is 21.2 Å². The number of aryl methyl sites for hydroxylation is 1. The molecular weight excluding hydrogens is 421 g/mol. The van der Waals surface area contributed by atoms with E-state index in [1.165, 1.54) is 0 Å². The fourth-order valence-corrected chi connectivity index (χ4v) is 2.84. The second kappa shape index (κ2) is 6.69. The van der Waals surface area contributed by atoms with Gasteiger partial charge in [-0.1, -0.05) is 13.8 Å². The number of halogens is 2. The van der Waals surface area contributed by atoms with E-state index in [0.29, 0.717) is 11.6 Å². The van der Waals surface area contributed by atoms with Gasteiger partial charge in [-0.25, -0.2) is 9.97 Å². The summed E-state index contributed by atoms with van der Waals surface area (Å²) in [5.41, 5.74) is 1.03. The van der Waals surface area contributed by atoms with Crippen molar-refractivity contribution in [3.63, 3.8) is 0 Å². The van der Waals surface area contributed by atoms with Crippen molar-refractivity contribution in [3.8, 4) is 11.6 Å². The Morgan fingerprint density at radius 1 is 1.37 bits per heavy atom. The van der Waals surface area contributed by atoms with E-state index in [1.807, 2.05) is 6.07 Å². The largest absolute Gasteiger partial charge is 0.460 e. The van der Waals surface area contributed by atoms with Crippen molar-refractivity contribution in [2.24, 2.45) is 0 Å². The molecular formula is C13H15BrIN3O. The van der Waals surface area contributed by atoms with Crippen LogP contribution in [0.3, 0.4) is 0 Å². The van der Waals surface area contributed by atoms with Gasteiger partial charge in [-0.2, -0.15) is 0 Å². The number of anilines is 1. The molecule has 2 aromatic rings. The van der Waals surface area contributed by atoms with Gasteiger partial charge in [-0.05, 0) is 57.4 Å². The number of furan rings is 1.